The van der Waals surface area contributed by atoms with Crippen molar-refractivity contribution in [1.82, 2.24) is 9.80 Å². The minimum absolute atomic E-state index is 0.00272. The molecule has 0 bridgehead atoms. The molecule has 1 saturated heterocycles. The molecule has 0 radical (unpaired) electrons. The van der Waals surface area contributed by atoms with Crippen molar-refractivity contribution in [2.24, 2.45) is 5.92 Å². The van der Waals surface area contributed by atoms with Gasteiger partial charge in [-0.05, 0) is 32.1 Å². The van der Waals surface area contributed by atoms with E-state index in [1.165, 1.54) is 22.6 Å². The van der Waals surface area contributed by atoms with Gasteiger partial charge >= 0.3 is 6.03 Å². The van der Waals surface area contributed by atoms with Crippen LogP contribution >= 0.6 is 0 Å². The Morgan fingerprint density at radius 2 is 1.20 bits per heavy atom. The highest BCUT2D eigenvalue weighted by Gasteiger charge is 2.49. The Morgan fingerprint density at radius 1 is 0.760 bits per heavy atom. The molecule has 3 fully saturated rings. The number of unbranched alkanes of at least 4 members (excludes halogenated alkanes) is 1. The van der Waals surface area contributed by atoms with Crippen LogP contribution in [-0.2, 0) is 9.59 Å². The molecule has 0 spiro atoms. The van der Waals surface area contributed by atoms with E-state index in [0.29, 0.717) is 6.42 Å². The molecule has 1 heterocycles. The predicted molar refractivity (Wildman–Crippen MR) is 95.8 cm³/mol. The second kappa shape index (κ2) is 8.33. The summed E-state index contributed by atoms with van der Waals surface area (Å²) in [5.41, 5.74) is 0. The first-order chi connectivity index (χ1) is 12.1. The second-order valence-electron chi connectivity index (χ2n) is 7.98. The van der Waals surface area contributed by atoms with Gasteiger partial charge in [0.2, 0.25) is 11.8 Å². The molecule has 1 aliphatic heterocycles. The average molecular weight is 348 g/mol. The van der Waals surface area contributed by atoms with E-state index in [9.17, 15) is 14.4 Å². The van der Waals surface area contributed by atoms with Gasteiger partial charge in [-0.15, -0.1) is 0 Å². The smallest absolute Gasteiger partial charge is 0.273 e. The van der Waals surface area contributed by atoms with E-state index < -0.39 is 5.92 Å². The number of hydrogen-bond acceptors (Lipinski definition) is 3. The first kappa shape index (κ1) is 18.4. The van der Waals surface area contributed by atoms with E-state index in [1.807, 2.05) is 0 Å². The monoisotopic (exact) mass is 348 g/mol. The molecule has 0 aromatic rings. The molecular formula is C20H32N2O3. The van der Waals surface area contributed by atoms with Crippen LogP contribution in [0.4, 0.5) is 4.79 Å². The molecule has 2 aliphatic carbocycles. The molecule has 0 aromatic heterocycles. The lowest BCUT2D eigenvalue weighted by atomic mass is 9.88. The number of barbiturate groups is 1. The van der Waals surface area contributed by atoms with Crippen molar-refractivity contribution < 1.29 is 14.4 Å². The van der Waals surface area contributed by atoms with E-state index in [1.54, 1.807) is 0 Å². The summed E-state index contributed by atoms with van der Waals surface area (Å²) < 4.78 is 0. The van der Waals surface area contributed by atoms with Crippen LogP contribution in [0.25, 0.3) is 0 Å². The third kappa shape index (κ3) is 3.75. The fraction of sp³-hybridized carbons (Fsp3) is 0.850. The highest BCUT2D eigenvalue weighted by atomic mass is 16.2. The number of imide groups is 2. The Bertz CT molecular complexity index is 467. The number of rotatable bonds is 5. The molecule has 3 rings (SSSR count). The molecule has 0 unspecified atom stereocenters. The fourth-order valence-corrected chi connectivity index (χ4v) is 4.75. The molecule has 5 nitrogen and oxygen atoms in total. The van der Waals surface area contributed by atoms with E-state index in [0.717, 1.165) is 64.2 Å². The topological polar surface area (TPSA) is 57.7 Å². The molecule has 0 aromatic carbocycles. The van der Waals surface area contributed by atoms with Gasteiger partial charge in [0.15, 0.2) is 0 Å². The van der Waals surface area contributed by atoms with Gasteiger partial charge in [-0.25, -0.2) is 4.79 Å². The Balaban J connectivity index is 1.86. The number of nitrogens with zero attached hydrogens (tertiary/aromatic N) is 2. The highest BCUT2D eigenvalue weighted by Crippen LogP contribution is 2.33. The van der Waals surface area contributed by atoms with Crippen LogP contribution in [0.1, 0.15) is 90.4 Å². The van der Waals surface area contributed by atoms with Gasteiger partial charge in [0, 0.05) is 12.1 Å². The number of carbonyl (C=O) groups is 3. The second-order valence-corrected chi connectivity index (χ2v) is 7.98. The molecule has 5 heteroatoms. The lowest BCUT2D eigenvalue weighted by molar-refractivity contribution is -0.153. The van der Waals surface area contributed by atoms with Crippen molar-refractivity contribution in [2.75, 3.05) is 0 Å². The van der Waals surface area contributed by atoms with Crippen LogP contribution in [0.15, 0.2) is 0 Å². The normalized spacial score (nSPS) is 25.1. The van der Waals surface area contributed by atoms with Gasteiger partial charge in [0.25, 0.3) is 0 Å². The summed E-state index contributed by atoms with van der Waals surface area (Å²) in [6.45, 7) is 2.07. The van der Waals surface area contributed by atoms with Crippen LogP contribution in [0.3, 0.4) is 0 Å². The fourth-order valence-electron chi connectivity index (χ4n) is 4.75. The summed E-state index contributed by atoms with van der Waals surface area (Å²) in [7, 11) is 0. The number of carbonyl (C=O) groups excluding carboxylic acids is 3. The number of amides is 4. The van der Waals surface area contributed by atoms with Gasteiger partial charge in [0.05, 0.1) is 0 Å². The molecule has 0 atom stereocenters. The molecule has 0 N–H and O–H groups in total. The summed E-state index contributed by atoms with van der Waals surface area (Å²) in [5.74, 6) is -1.08. The molecule has 3 aliphatic rings. The maximum Gasteiger partial charge on any atom is 0.333 e. The summed E-state index contributed by atoms with van der Waals surface area (Å²) >= 11 is 0. The van der Waals surface area contributed by atoms with E-state index in [4.69, 9.17) is 0 Å². The molecule has 140 valence electrons. The summed E-state index contributed by atoms with van der Waals surface area (Å²) in [6.07, 6.45) is 12.6. The van der Waals surface area contributed by atoms with Gasteiger partial charge in [0.1, 0.15) is 5.92 Å². The van der Waals surface area contributed by atoms with Crippen LogP contribution in [-0.4, -0.2) is 39.7 Å². The molecule has 25 heavy (non-hydrogen) atoms. The Kier molecular flexibility index (Phi) is 6.13. The minimum Gasteiger partial charge on any atom is -0.273 e. The van der Waals surface area contributed by atoms with Gasteiger partial charge in [-0.3, -0.25) is 19.4 Å². The summed E-state index contributed by atoms with van der Waals surface area (Å²) in [4.78, 5) is 42.2. The third-order valence-corrected chi connectivity index (χ3v) is 6.21. The first-order valence-electron chi connectivity index (χ1n) is 10.3. The van der Waals surface area contributed by atoms with Gasteiger partial charge < -0.3 is 0 Å². The van der Waals surface area contributed by atoms with Crippen molar-refractivity contribution in [3.8, 4) is 0 Å². The van der Waals surface area contributed by atoms with Crippen LogP contribution < -0.4 is 0 Å². The summed E-state index contributed by atoms with van der Waals surface area (Å²) in [6, 6.07) is -0.323. The predicted octanol–water partition coefficient (Wildman–Crippen LogP) is 4.25. The average Bonchev–Trinajstić information content (AvgIpc) is 2.63. The Labute approximate surface area is 151 Å². The molecular weight excluding hydrogens is 316 g/mol. The minimum atomic E-state index is -0.637. The van der Waals surface area contributed by atoms with Gasteiger partial charge in [-0.2, -0.15) is 0 Å². The molecule has 2 saturated carbocycles. The van der Waals surface area contributed by atoms with Crippen molar-refractivity contribution >= 4 is 17.8 Å². The van der Waals surface area contributed by atoms with Crippen molar-refractivity contribution in [3.05, 3.63) is 0 Å². The van der Waals surface area contributed by atoms with E-state index >= 15 is 0 Å². The van der Waals surface area contributed by atoms with E-state index in [-0.39, 0.29) is 29.9 Å². The summed E-state index contributed by atoms with van der Waals surface area (Å²) in [5, 5.41) is 0. The van der Waals surface area contributed by atoms with Crippen molar-refractivity contribution in [2.45, 2.75) is 102 Å². The zero-order valence-corrected chi connectivity index (χ0v) is 15.5. The zero-order valence-electron chi connectivity index (χ0n) is 15.5. The molecule has 4 amide bonds. The van der Waals surface area contributed by atoms with E-state index in [2.05, 4.69) is 6.92 Å². The maximum absolute atomic E-state index is 13.2. The highest BCUT2D eigenvalue weighted by molar-refractivity contribution is 6.16. The third-order valence-electron chi connectivity index (χ3n) is 6.21. The number of urea groups is 1. The SMILES string of the molecule is CCCCC1C(=O)N(C2CCCCC2)C(=O)N(C2CCCCC2)C1=O. The largest absolute Gasteiger partial charge is 0.333 e. The van der Waals surface area contributed by atoms with Crippen molar-refractivity contribution in [3.63, 3.8) is 0 Å². The lowest BCUT2D eigenvalue weighted by Gasteiger charge is -2.45. The standard InChI is InChI=1S/C20H32N2O3/c1-2-3-14-17-18(23)21(15-10-6-4-7-11-15)20(25)22(19(17)24)16-12-8-5-9-13-16/h15-17H,2-14H2,1H3. The van der Waals surface area contributed by atoms with Crippen LogP contribution in [0.5, 0.6) is 0 Å². The van der Waals surface area contributed by atoms with Crippen LogP contribution in [0.2, 0.25) is 0 Å². The van der Waals surface area contributed by atoms with Crippen molar-refractivity contribution in [1.29, 1.82) is 0 Å². The zero-order chi connectivity index (χ0) is 17.8. The number of hydrogen-bond donors (Lipinski definition) is 0. The Morgan fingerprint density at radius 3 is 1.60 bits per heavy atom. The first-order valence-corrected chi connectivity index (χ1v) is 10.3. The van der Waals surface area contributed by atoms with Crippen LogP contribution in [0, 0.1) is 5.92 Å². The Hall–Kier alpha value is -1.39. The van der Waals surface area contributed by atoms with Gasteiger partial charge in [-0.1, -0.05) is 58.3 Å². The quantitative estimate of drug-likeness (QED) is 0.698. The lowest BCUT2D eigenvalue weighted by Crippen LogP contribution is -2.65. The maximum atomic E-state index is 13.2.